The van der Waals surface area contributed by atoms with Gasteiger partial charge in [-0.15, -0.1) is 0 Å². The largest absolute Gasteiger partial charge is 0.477 e. The summed E-state index contributed by atoms with van der Waals surface area (Å²) in [7, 11) is 1.71. The molecule has 0 aliphatic carbocycles. The Morgan fingerprint density at radius 2 is 2.17 bits per heavy atom. The summed E-state index contributed by atoms with van der Waals surface area (Å²) >= 11 is 0. The Morgan fingerprint density at radius 1 is 1.34 bits per heavy atom. The number of nitrogens with zero attached hydrogens (tertiary/aromatic N) is 4. The number of anilines is 1. The van der Waals surface area contributed by atoms with E-state index in [0.717, 1.165) is 24.5 Å². The van der Waals surface area contributed by atoms with Crippen LogP contribution in [0.15, 0.2) is 30.7 Å². The summed E-state index contributed by atoms with van der Waals surface area (Å²) in [5, 5.41) is 3.03. The number of carbonyl (C=O) groups is 1. The molecule has 1 aliphatic heterocycles. The molecule has 3 heterocycles. The van der Waals surface area contributed by atoms with E-state index in [4.69, 9.17) is 9.47 Å². The van der Waals surface area contributed by atoms with E-state index in [2.05, 4.69) is 39.0 Å². The highest BCUT2D eigenvalue weighted by atomic mass is 16.5. The number of amides is 1. The van der Waals surface area contributed by atoms with Crippen LogP contribution in [0, 0.1) is 12.8 Å². The first-order chi connectivity index (χ1) is 14.0. The van der Waals surface area contributed by atoms with Crippen molar-refractivity contribution in [2.24, 2.45) is 5.92 Å². The Balaban J connectivity index is 1.68. The van der Waals surface area contributed by atoms with Gasteiger partial charge in [0.05, 0.1) is 18.8 Å². The minimum Gasteiger partial charge on any atom is -0.477 e. The van der Waals surface area contributed by atoms with Crippen LogP contribution < -0.4 is 15.0 Å². The number of rotatable bonds is 8. The van der Waals surface area contributed by atoms with Crippen LogP contribution in [0.1, 0.15) is 36.3 Å². The van der Waals surface area contributed by atoms with Crippen LogP contribution in [0.5, 0.6) is 5.88 Å². The summed E-state index contributed by atoms with van der Waals surface area (Å²) in [6, 6.07) is 5.50. The first-order valence-corrected chi connectivity index (χ1v) is 9.92. The smallest absolute Gasteiger partial charge is 0.256 e. The maximum Gasteiger partial charge on any atom is 0.256 e. The molecule has 0 spiro atoms. The van der Waals surface area contributed by atoms with Crippen molar-refractivity contribution in [1.82, 2.24) is 20.3 Å². The Kier molecular flexibility index (Phi) is 6.98. The normalized spacial score (nSPS) is 18.9. The molecular weight excluding hydrogens is 370 g/mol. The zero-order valence-electron chi connectivity index (χ0n) is 17.5. The van der Waals surface area contributed by atoms with E-state index in [1.807, 2.05) is 13.0 Å². The standard InChI is InChI=1S/C21H29N5O3/c1-14(2)12-29-21-18(6-5-7-22-21)20(27)23-10-16-9-17(28-4)11-26(16)19-8-15(3)24-13-25-19/h5-8,13-14,16-17H,9-12H2,1-4H3,(H,23,27)/t16-,17-/m0/s1. The molecule has 2 aromatic rings. The molecule has 0 bridgehead atoms. The fraction of sp³-hybridized carbons (Fsp3) is 0.524. The molecule has 2 aromatic heterocycles. The predicted octanol–water partition coefficient (Wildman–Crippen LogP) is 2.24. The number of aromatic nitrogens is 3. The quantitative estimate of drug-likeness (QED) is 0.728. The highest BCUT2D eigenvalue weighted by Gasteiger charge is 2.33. The molecule has 0 radical (unpaired) electrons. The molecule has 0 unspecified atom stereocenters. The Labute approximate surface area is 171 Å². The lowest BCUT2D eigenvalue weighted by molar-refractivity contribution is 0.0940. The monoisotopic (exact) mass is 399 g/mol. The van der Waals surface area contributed by atoms with Gasteiger partial charge < -0.3 is 19.7 Å². The first kappa shape index (κ1) is 21.0. The molecule has 8 nitrogen and oxygen atoms in total. The minimum absolute atomic E-state index is 0.0786. The van der Waals surface area contributed by atoms with E-state index >= 15 is 0 Å². The average molecular weight is 399 g/mol. The van der Waals surface area contributed by atoms with Crippen LogP contribution >= 0.6 is 0 Å². The van der Waals surface area contributed by atoms with Crippen molar-refractivity contribution in [3.8, 4) is 5.88 Å². The van der Waals surface area contributed by atoms with Gasteiger partial charge in [-0.05, 0) is 31.4 Å². The van der Waals surface area contributed by atoms with Crippen LogP contribution in [0.3, 0.4) is 0 Å². The molecule has 1 N–H and O–H groups in total. The Bertz CT molecular complexity index is 829. The third kappa shape index (κ3) is 5.41. The second kappa shape index (κ2) is 9.65. The van der Waals surface area contributed by atoms with Crippen molar-refractivity contribution >= 4 is 11.7 Å². The number of aryl methyl sites for hydroxylation is 1. The number of ether oxygens (including phenoxy) is 2. The van der Waals surface area contributed by atoms with Gasteiger partial charge in [-0.2, -0.15) is 0 Å². The highest BCUT2D eigenvalue weighted by Crippen LogP contribution is 2.25. The van der Waals surface area contributed by atoms with E-state index in [0.29, 0.717) is 30.5 Å². The van der Waals surface area contributed by atoms with Gasteiger partial charge in [-0.3, -0.25) is 4.79 Å². The third-order valence-electron chi connectivity index (χ3n) is 4.86. The van der Waals surface area contributed by atoms with Gasteiger partial charge in [0, 0.05) is 38.2 Å². The number of nitrogens with one attached hydrogen (secondary N) is 1. The van der Waals surface area contributed by atoms with Crippen molar-refractivity contribution < 1.29 is 14.3 Å². The summed E-state index contributed by atoms with van der Waals surface area (Å²) in [4.78, 5) is 27.8. The fourth-order valence-electron chi connectivity index (χ4n) is 3.35. The minimum atomic E-state index is -0.198. The summed E-state index contributed by atoms with van der Waals surface area (Å²) in [5.41, 5.74) is 1.35. The summed E-state index contributed by atoms with van der Waals surface area (Å²) in [5.74, 6) is 1.36. The van der Waals surface area contributed by atoms with Gasteiger partial charge in [-0.1, -0.05) is 13.8 Å². The van der Waals surface area contributed by atoms with Crippen LogP contribution in [0.25, 0.3) is 0 Å². The number of hydrogen-bond donors (Lipinski definition) is 1. The summed E-state index contributed by atoms with van der Waals surface area (Å²) in [6.07, 6.45) is 4.10. The zero-order chi connectivity index (χ0) is 20.8. The molecule has 3 rings (SSSR count). The lowest BCUT2D eigenvalue weighted by Crippen LogP contribution is -2.40. The van der Waals surface area contributed by atoms with E-state index in [1.165, 1.54) is 0 Å². The van der Waals surface area contributed by atoms with Gasteiger partial charge in [0.15, 0.2) is 0 Å². The van der Waals surface area contributed by atoms with E-state index in [9.17, 15) is 4.79 Å². The van der Waals surface area contributed by atoms with Gasteiger partial charge in [0.25, 0.3) is 5.91 Å². The highest BCUT2D eigenvalue weighted by molar-refractivity contribution is 5.96. The van der Waals surface area contributed by atoms with Gasteiger partial charge >= 0.3 is 0 Å². The van der Waals surface area contributed by atoms with Crippen LogP contribution in [-0.4, -0.2) is 59.8 Å². The third-order valence-corrected chi connectivity index (χ3v) is 4.86. The number of carbonyl (C=O) groups excluding carboxylic acids is 1. The predicted molar refractivity (Wildman–Crippen MR) is 110 cm³/mol. The molecule has 8 heteroatoms. The van der Waals surface area contributed by atoms with Crippen molar-refractivity contribution in [3.05, 3.63) is 42.0 Å². The molecule has 1 saturated heterocycles. The second-order valence-corrected chi connectivity index (χ2v) is 7.69. The molecule has 29 heavy (non-hydrogen) atoms. The van der Waals surface area contributed by atoms with Crippen molar-refractivity contribution in [2.45, 2.75) is 39.3 Å². The number of pyridine rings is 1. The molecule has 156 valence electrons. The van der Waals surface area contributed by atoms with Crippen LogP contribution in [0.4, 0.5) is 5.82 Å². The van der Waals surface area contributed by atoms with Crippen molar-refractivity contribution in [2.75, 3.05) is 31.7 Å². The van der Waals surface area contributed by atoms with E-state index < -0.39 is 0 Å². The molecule has 0 aromatic carbocycles. The molecule has 0 saturated carbocycles. The van der Waals surface area contributed by atoms with Crippen molar-refractivity contribution in [1.29, 1.82) is 0 Å². The van der Waals surface area contributed by atoms with E-state index in [-0.39, 0.29) is 18.1 Å². The summed E-state index contributed by atoms with van der Waals surface area (Å²) in [6.45, 7) is 7.75. The summed E-state index contributed by atoms with van der Waals surface area (Å²) < 4.78 is 11.3. The lowest BCUT2D eigenvalue weighted by Gasteiger charge is -2.25. The zero-order valence-corrected chi connectivity index (χ0v) is 17.5. The molecule has 1 amide bonds. The SMILES string of the molecule is CO[C@H]1C[C@@H](CNC(=O)c2cccnc2OCC(C)C)N(c2cc(C)ncn2)C1. The maximum atomic E-state index is 12.8. The fourth-order valence-corrected chi connectivity index (χ4v) is 3.35. The molecular formula is C21H29N5O3. The van der Waals surface area contributed by atoms with Gasteiger partial charge in [0.2, 0.25) is 5.88 Å². The first-order valence-electron chi connectivity index (χ1n) is 9.92. The van der Waals surface area contributed by atoms with Gasteiger partial charge in [0.1, 0.15) is 17.7 Å². The molecule has 1 fully saturated rings. The second-order valence-electron chi connectivity index (χ2n) is 7.69. The van der Waals surface area contributed by atoms with Crippen molar-refractivity contribution in [3.63, 3.8) is 0 Å². The van der Waals surface area contributed by atoms with Crippen LogP contribution in [-0.2, 0) is 4.74 Å². The topological polar surface area (TPSA) is 89.5 Å². The average Bonchev–Trinajstić information content (AvgIpc) is 3.14. The van der Waals surface area contributed by atoms with E-state index in [1.54, 1.807) is 31.8 Å². The number of methoxy groups -OCH3 is 1. The maximum absolute atomic E-state index is 12.8. The van der Waals surface area contributed by atoms with Crippen LogP contribution in [0.2, 0.25) is 0 Å². The Hall–Kier alpha value is -2.74. The Morgan fingerprint density at radius 3 is 2.90 bits per heavy atom. The van der Waals surface area contributed by atoms with Gasteiger partial charge in [-0.25, -0.2) is 15.0 Å². The molecule has 2 atom stereocenters. The lowest BCUT2D eigenvalue weighted by atomic mass is 10.2. The molecule has 1 aliphatic rings. The number of hydrogen-bond acceptors (Lipinski definition) is 7.